The van der Waals surface area contributed by atoms with Crippen molar-refractivity contribution in [2.45, 2.75) is 0 Å². The van der Waals surface area contributed by atoms with E-state index in [9.17, 15) is 4.79 Å². The number of nitrogen functional groups attached to an aromatic ring is 1. The molecule has 1 heterocycles. The molecule has 0 saturated carbocycles. The van der Waals surface area contributed by atoms with Crippen LogP contribution in [0.2, 0.25) is 0 Å². The first-order valence-corrected chi connectivity index (χ1v) is 6.23. The zero-order chi connectivity index (χ0) is 12.6. The lowest BCUT2D eigenvalue weighted by Gasteiger charge is -2.03. The standard InChI is InChI=1S/C10H8Br2N4O/c1-16-8(10(12)14-15-16)9(17)5-2-6(11)4-7(13)3-5/h2-4H,13H2,1H3. The summed E-state index contributed by atoms with van der Waals surface area (Å²) in [5.74, 6) is -0.183. The molecule has 0 atom stereocenters. The Morgan fingerprint density at radius 1 is 1.35 bits per heavy atom. The van der Waals surface area contributed by atoms with Gasteiger partial charge in [-0.2, -0.15) is 0 Å². The molecule has 5 nitrogen and oxygen atoms in total. The molecular formula is C10H8Br2N4O. The van der Waals surface area contributed by atoms with E-state index >= 15 is 0 Å². The highest BCUT2D eigenvalue weighted by molar-refractivity contribution is 9.10. The molecule has 88 valence electrons. The summed E-state index contributed by atoms with van der Waals surface area (Å²) in [4.78, 5) is 12.2. The number of halogens is 2. The maximum atomic E-state index is 12.2. The van der Waals surface area contributed by atoms with E-state index in [4.69, 9.17) is 5.73 Å². The van der Waals surface area contributed by atoms with Crippen molar-refractivity contribution in [3.05, 3.63) is 38.5 Å². The zero-order valence-corrected chi connectivity index (χ0v) is 12.0. The average molecular weight is 360 g/mol. The fourth-order valence-corrected chi connectivity index (χ4v) is 2.47. The monoisotopic (exact) mass is 358 g/mol. The Kier molecular flexibility index (Phi) is 3.30. The number of rotatable bonds is 2. The second-order valence-corrected chi connectivity index (χ2v) is 5.12. The fourth-order valence-electron chi connectivity index (χ4n) is 1.45. The molecule has 0 fully saturated rings. The second-order valence-electron chi connectivity index (χ2n) is 3.45. The predicted octanol–water partition coefficient (Wildman–Crippen LogP) is 2.15. The van der Waals surface area contributed by atoms with Crippen LogP contribution < -0.4 is 5.73 Å². The van der Waals surface area contributed by atoms with E-state index in [1.165, 1.54) is 4.68 Å². The van der Waals surface area contributed by atoms with Crippen LogP contribution in [0.15, 0.2) is 27.3 Å². The summed E-state index contributed by atoms with van der Waals surface area (Å²) >= 11 is 6.49. The van der Waals surface area contributed by atoms with Crippen LogP contribution in [0, 0.1) is 0 Å². The summed E-state index contributed by atoms with van der Waals surface area (Å²) in [7, 11) is 1.66. The highest BCUT2D eigenvalue weighted by atomic mass is 79.9. The first-order valence-electron chi connectivity index (χ1n) is 4.65. The molecule has 17 heavy (non-hydrogen) atoms. The first kappa shape index (κ1) is 12.3. The molecule has 2 N–H and O–H groups in total. The van der Waals surface area contributed by atoms with E-state index in [-0.39, 0.29) is 5.78 Å². The minimum absolute atomic E-state index is 0.183. The smallest absolute Gasteiger partial charge is 0.213 e. The normalized spacial score (nSPS) is 10.5. The molecule has 0 aliphatic heterocycles. The Morgan fingerprint density at radius 3 is 2.59 bits per heavy atom. The second kappa shape index (κ2) is 4.58. The number of ketones is 1. The number of carbonyl (C=O) groups excluding carboxylic acids is 1. The number of benzene rings is 1. The van der Waals surface area contributed by atoms with Gasteiger partial charge >= 0.3 is 0 Å². The van der Waals surface area contributed by atoms with Crippen LogP contribution in [0.5, 0.6) is 0 Å². The van der Waals surface area contributed by atoms with E-state index in [0.29, 0.717) is 21.5 Å². The van der Waals surface area contributed by atoms with Crippen LogP contribution in [0.4, 0.5) is 5.69 Å². The SMILES string of the molecule is Cn1nnc(Br)c1C(=O)c1cc(N)cc(Br)c1. The van der Waals surface area contributed by atoms with Crippen LogP contribution in [0.1, 0.15) is 16.1 Å². The summed E-state index contributed by atoms with van der Waals surface area (Å²) < 4.78 is 2.60. The van der Waals surface area contributed by atoms with Gasteiger partial charge in [-0.05, 0) is 34.1 Å². The highest BCUT2D eigenvalue weighted by Gasteiger charge is 2.19. The van der Waals surface area contributed by atoms with Crippen LogP contribution in [-0.2, 0) is 7.05 Å². The van der Waals surface area contributed by atoms with Crippen LogP contribution in [-0.4, -0.2) is 20.8 Å². The van der Waals surface area contributed by atoms with Crippen LogP contribution in [0.25, 0.3) is 0 Å². The number of aromatic nitrogens is 3. The number of hydrogen-bond acceptors (Lipinski definition) is 4. The third-order valence-electron chi connectivity index (χ3n) is 2.18. The predicted molar refractivity (Wildman–Crippen MR) is 70.7 cm³/mol. The van der Waals surface area contributed by atoms with Gasteiger partial charge in [0.1, 0.15) is 5.69 Å². The van der Waals surface area contributed by atoms with E-state index < -0.39 is 0 Å². The average Bonchev–Trinajstić information content (AvgIpc) is 2.56. The molecular weight excluding hydrogens is 352 g/mol. The van der Waals surface area contributed by atoms with Gasteiger partial charge in [0.25, 0.3) is 0 Å². The van der Waals surface area contributed by atoms with Gasteiger partial charge < -0.3 is 5.73 Å². The largest absolute Gasteiger partial charge is 0.399 e. The van der Waals surface area contributed by atoms with E-state index in [1.54, 1.807) is 25.2 Å². The van der Waals surface area contributed by atoms with Crippen molar-refractivity contribution in [2.75, 3.05) is 5.73 Å². The van der Waals surface area contributed by atoms with E-state index in [0.717, 1.165) is 4.47 Å². The molecule has 1 aromatic heterocycles. The molecule has 2 rings (SSSR count). The van der Waals surface area contributed by atoms with Crippen molar-refractivity contribution >= 4 is 43.3 Å². The van der Waals surface area contributed by atoms with E-state index in [2.05, 4.69) is 42.2 Å². The Labute approximate surface area is 114 Å². The van der Waals surface area contributed by atoms with Crippen molar-refractivity contribution in [1.82, 2.24) is 15.0 Å². The summed E-state index contributed by atoms with van der Waals surface area (Å²) in [5.41, 5.74) is 7.10. The fraction of sp³-hybridized carbons (Fsp3) is 0.100. The Bertz CT molecular complexity index is 554. The van der Waals surface area contributed by atoms with Gasteiger partial charge in [-0.1, -0.05) is 21.1 Å². The maximum absolute atomic E-state index is 12.2. The van der Waals surface area contributed by atoms with Crippen LogP contribution in [0.3, 0.4) is 0 Å². The van der Waals surface area contributed by atoms with Crippen LogP contribution >= 0.6 is 31.9 Å². The van der Waals surface area contributed by atoms with E-state index in [1.807, 2.05) is 0 Å². The van der Waals surface area contributed by atoms with Gasteiger partial charge in [-0.3, -0.25) is 4.79 Å². The molecule has 0 unspecified atom stereocenters. The van der Waals surface area contributed by atoms with Gasteiger partial charge in [-0.25, -0.2) is 4.68 Å². The molecule has 0 saturated heterocycles. The molecule has 0 aliphatic carbocycles. The number of nitrogens with two attached hydrogens (primary N) is 1. The van der Waals surface area contributed by atoms with Crippen molar-refractivity contribution in [3.63, 3.8) is 0 Å². The zero-order valence-electron chi connectivity index (χ0n) is 8.82. The molecule has 0 amide bonds. The topological polar surface area (TPSA) is 73.8 Å². The number of carbonyl (C=O) groups is 1. The molecule has 0 aliphatic rings. The lowest BCUT2D eigenvalue weighted by molar-refractivity contribution is 0.102. The Balaban J connectivity index is 2.51. The number of anilines is 1. The lowest BCUT2D eigenvalue weighted by Crippen LogP contribution is -2.09. The maximum Gasteiger partial charge on any atom is 0.213 e. The summed E-state index contributed by atoms with van der Waals surface area (Å²) in [5, 5.41) is 7.54. The lowest BCUT2D eigenvalue weighted by atomic mass is 10.1. The summed E-state index contributed by atoms with van der Waals surface area (Å²) in [6, 6.07) is 5.05. The summed E-state index contributed by atoms with van der Waals surface area (Å²) in [6.07, 6.45) is 0. The summed E-state index contributed by atoms with van der Waals surface area (Å²) in [6.45, 7) is 0. The highest BCUT2D eigenvalue weighted by Crippen LogP contribution is 2.22. The minimum atomic E-state index is -0.183. The number of aryl methyl sites for hydroxylation is 1. The number of hydrogen-bond donors (Lipinski definition) is 1. The van der Waals surface area contributed by atoms with Gasteiger partial charge in [0.05, 0.1) is 0 Å². The number of nitrogens with zero attached hydrogens (tertiary/aromatic N) is 3. The molecule has 7 heteroatoms. The molecule has 0 radical (unpaired) electrons. The van der Waals surface area contributed by atoms with Gasteiger partial charge in [0.15, 0.2) is 4.60 Å². The Hall–Kier alpha value is -1.21. The molecule has 0 spiro atoms. The van der Waals surface area contributed by atoms with Crippen molar-refractivity contribution in [1.29, 1.82) is 0 Å². The van der Waals surface area contributed by atoms with Gasteiger partial charge in [0, 0.05) is 22.8 Å². The minimum Gasteiger partial charge on any atom is -0.399 e. The van der Waals surface area contributed by atoms with Crippen molar-refractivity contribution < 1.29 is 4.79 Å². The van der Waals surface area contributed by atoms with Gasteiger partial charge in [-0.15, -0.1) is 5.10 Å². The third kappa shape index (κ3) is 2.39. The Morgan fingerprint density at radius 2 is 2.06 bits per heavy atom. The quantitative estimate of drug-likeness (QED) is 0.658. The molecule has 1 aromatic carbocycles. The van der Waals surface area contributed by atoms with Crippen molar-refractivity contribution in [2.24, 2.45) is 7.05 Å². The first-order chi connectivity index (χ1) is 7.99. The molecule has 0 bridgehead atoms. The van der Waals surface area contributed by atoms with Gasteiger partial charge in [0.2, 0.25) is 5.78 Å². The third-order valence-corrected chi connectivity index (χ3v) is 3.18. The van der Waals surface area contributed by atoms with Crippen molar-refractivity contribution in [3.8, 4) is 0 Å². The molecule has 2 aromatic rings.